The van der Waals surface area contributed by atoms with Gasteiger partial charge in [0, 0.05) is 25.2 Å². The van der Waals surface area contributed by atoms with Crippen molar-refractivity contribution >= 4 is 23.3 Å². The highest BCUT2D eigenvalue weighted by Crippen LogP contribution is 2.33. The van der Waals surface area contributed by atoms with Crippen LogP contribution in [0.2, 0.25) is 5.02 Å². The first-order valence-electron chi connectivity index (χ1n) is 4.92. The number of benzene rings is 1. The van der Waals surface area contributed by atoms with E-state index in [4.69, 9.17) is 26.6 Å². The van der Waals surface area contributed by atoms with Gasteiger partial charge in [-0.3, -0.25) is 10.1 Å². The van der Waals surface area contributed by atoms with Crippen molar-refractivity contribution in [3.8, 4) is 5.75 Å². The summed E-state index contributed by atoms with van der Waals surface area (Å²) in [6, 6.07) is 1.89. The number of aliphatic hydroxyl groups excluding tert-OH is 1. The molecule has 0 amide bonds. The number of carboxylic acids is 1. The third kappa shape index (κ3) is 3.31. The van der Waals surface area contributed by atoms with Crippen molar-refractivity contribution in [3.05, 3.63) is 32.8 Å². The summed E-state index contributed by atoms with van der Waals surface area (Å²) >= 11 is 5.75. The second-order valence-corrected chi connectivity index (χ2v) is 3.70. The third-order valence-corrected chi connectivity index (χ3v) is 2.30. The summed E-state index contributed by atoms with van der Waals surface area (Å²) in [5.41, 5.74) is -0.806. The Bertz CT molecular complexity index is 476. The van der Waals surface area contributed by atoms with Crippen LogP contribution in [0, 0.1) is 10.1 Å². The van der Waals surface area contributed by atoms with E-state index in [1.165, 1.54) is 0 Å². The molecular weight excluding hydrogens is 266 g/mol. The minimum Gasteiger partial charge on any atom is -0.491 e. The fourth-order valence-electron chi connectivity index (χ4n) is 1.23. The van der Waals surface area contributed by atoms with E-state index in [9.17, 15) is 14.9 Å². The van der Waals surface area contributed by atoms with Crippen LogP contribution in [0.3, 0.4) is 0 Å². The number of rotatable bonds is 6. The Labute approximate surface area is 107 Å². The van der Waals surface area contributed by atoms with Crippen molar-refractivity contribution in [3.63, 3.8) is 0 Å². The molecule has 8 heteroatoms. The molecule has 0 aliphatic heterocycles. The van der Waals surface area contributed by atoms with Crippen molar-refractivity contribution in [2.45, 2.75) is 6.42 Å². The van der Waals surface area contributed by atoms with Gasteiger partial charge in [0.05, 0.1) is 16.6 Å². The molecule has 0 radical (unpaired) electrons. The van der Waals surface area contributed by atoms with E-state index in [2.05, 4.69) is 0 Å². The van der Waals surface area contributed by atoms with E-state index in [-0.39, 0.29) is 29.5 Å². The van der Waals surface area contributed by atoms with Gasteiger partial charge in [-0.1, -0.05) is 11.6 Å². The van der Waals surface area contributed by atoms with Crippen LogP contribution in [0.25, 0.3) is 0 Å². The Morgan fingerprint density at radius 3 is 2.67 bits per heavy atom. The van der Waals surface area contributed by atoms with Gasteiger partial charge >= 0.3 is 5.97 Å². The SMILES string of the molecule is O=C(O)c1cc([N+](=O)[O-])cc(Cl)c1OCCCO. The molecule has 0 atom stereocenters. The number of nitro groups is 1. The van der Waals surface area contributed by atoms with Crippen LogP contribution < -0.4 is 4.74 Å². The van der Waals surface area contributed by atoms with Crippen LogP contribution in [0.1, 0.15) is 16.8 Å². The second kappa shape index (κ2) is 6.18. The summed E-state index contributed by atoms with van der Waals surface area (Å²) in [7, 11) is 0. The highest BCUT2D eigenvalue weighted by molar-refractivity contribution is 6.32. The molecule has 0 heterocycles. The molecule has 0 aliphatic carbocycles. The van der Waals surface area contributed by atoms with Gasteiger partial charge in [-0.2, -0.15) is 0 Å². The molecule has 0 saturated carbocycles. The van der Waals surface area contributed by atoms with Gasteiger partial charge in [-0.25, -0.2) is 4.79 Å². The molecule has 0 spiro atoms. The summed E-state index contributed by atoms with van der Waals surface area (Å²) in [5.74, 6) is -1.51. The minimum atomic E-state index is -1.38. The topological polar surface area (TPSA) is 110 Å². The molecule has 0 aromatic heterocycles. The van der Waals surface area contributed by atoms with E-state index in [0.29, 0.717) is 6.42 Å². The number of carboxylic acid groups (broad SMARTS) is 1. The largest absolute Gasteiger partial charge is 0.491 e. The van der Waals surface area contributed by atoms with Crippen molar-refractivity contribution in [2.24, 2.45) is 0 Å². The monoisotopic (exact) mass is 275 g/mol. The summed E-state index contributed by atoms with van der Waals surface area (Å²) < 4.78 is 5.11. The minimum absolute atomic E-state index is 0.0638. The van der Waals surface area contributed by atoms with Crippen LogP contribution in [0.4, 0.5) is 5.69 Å². The Hall–Kier alpha value is -1.86. The Morgan fingerprint density at radius 1 is 1.50 bits per heavy atom. The first kappa shape index (κ1) is 14.2. The van der Waals surface area contributed by atoms with Crippen LogP contribution in [-0.4, -0.2) is 34.3 Å². The molecule has 0 aliphatic rings. The Kier molecular flexibility index (Phi) is 4.87. The van der Waals surface area contributed by atoms with Gasteiger partial charge in [0.1, 0.15) is 5.56 Å². The fourth-order valence-corrected chi connectivity index (χ4v) is 1.50. The summed E-state index contributed by atoms with van der Waals surface area (Å²) in [4.78, 5) is 20.8. The lowest BCUT2D eigenvalue weighted by molar-refractivity contribution is -0.384. The molecule has 1 aromatic rings. The molecule has 18 heavy (non-hydrogen) atoms. The molecule has 1 aromatic carbocycles. The van der Waals surface area contributed by atoms with Crippen LogP contribution in [-0.2, 0) is 0 Å². The van der Waals surface area contributed by atoms with E-state index >= 15 is 0 Å². The van der Waals surface area contributed by atoms with E-state index in [1.807, 2.05) is 0 Å². The molecule has 1 rings (SSSR count). The molecule has 0 fully saturated rings. The molecule has 7 nitrogen and oxygen atoms in total. The fraction of sp³-hybridized carbons (Fsp3) is 0.300. The lowest BCUT2D eigenvalue weighted by Gasteiger charge is -2.10. The summed E-state index contributed by atoms with van der Waals surface area (Å²) in [5, 5.41) is 28.0. The zero-order valence-electron chi connectivity index (χ0n) is 9.13. The zero-order chi connectivity index (χ0) is 13.7. The maximum Gasteiger partial charge on any atom is 0.339 e. The average molecular weight is 276 g/mol. The predicted octanol–water partition coefficient (Wildman–Crippen LogP) is 1.71. The van der Waals surface area contributed by atoms with Gasteiger partial charge in [-0.15, -0.1) is 0 Å². The number of non-ortho nitro benzene ring substituents is 1. The van der Waals surface area contributed by atoms with Gasteiger partial charge in [0.2, 0.25) is 0 Å². The van der Waals surface area contributed by atoms with Gasteiger partial charge in [-0.05, 0) is 0 Å². The first-order valence-corrected chi connectivity index (χ1v) is 5.30. The normalized spacial score (nSPS) is 10.1. The molecule has 98 valence electrons. The third-order valence-electron chi connectivity index (χ3n) is 2.02. The lowest BCUT2D eigenvalue weighted by atomic mass is 10.2. The number of aliphatic hydroxyl groups is 1. The maximum absolute atomic E-state index is 11.0. The second-order valence-electron chi connectivity index (χ2n) is 3.29. The smallest absolute Gasteiger partial charge is 0.339 e. The molecule has 0 bridgehead atoms. The van der Waals surface area contributed by atoms with Crippen molar-refractivity contribution in [1.82, 2.24) is 0 Å². The van der Waals surface area contributed by atoms with E-state index in [0.717, 1.165) is 12.1 Å². The summed E-state index contributed by atoms with van der Waals surface area (Å²) in [6.07, 6.45) is 0.298. The van der Waals surface area contributed by atoms with Gasteiger partial charge in [0.25, 0.3) is 5.69 Å². The molecule has 0 unspecified atom stereocenters. The van der Waals surface area contributed by atoms with Crippen LogP contribution >= 0.6 is 11.6 Å². The average Bonchev–Trinajstić information content (AvgIpc) is 2.30. The maximum atomic E-state index is 11.0. The van der Waals surface area contributed by atoms with Gasteiger partial charge < -0.3 is 14.9 Å². The first-order chi connectivity index (χ1) is 8.47. The highest BCUT2D eigenvalue weighted by atomic mass is 35.5. The zero-order valence-corrected chi connectivity index (χ0v) is 9.88. The van der Waals surface area contributed by atoms with Crippen molar-refractivity contribution in [1.29, 1.82) is 0 Å². The standard InChI is InChI=1S/C10H10ClNO6/c11-8-5-6(12(16)17)4-7(10(14)15)9(8)18-3-1-2-13/h4-5,13H,1-3H2,(H,14,15). The lowest BCUT2D eigenvalue weighted by Crippen LogP contribution is -2.07. The number of hydrogen-bond acceptors (Lipinski definition) is 5. The number of hydrogen-bond donors (Lipinski definition) is 2. The van der Waals surface area contributed by atoms with E-state index < -0.39 is 16.6 Å². The molecule has 2 N–H and O–H groups in total. The summed E-state index contributed by atoms with van der Waals surface area (Å²) in [6.45, 7) is -0.0542. The van der Waals surface area contributed by atoms with Crippen LogP contribution in [0.5, 0.6) is 5.75 Å². The molecule has 0 saturated heterocycles. The van der Waals surface area contributed by atoms with Crippen molar-refractivity contribution in [2.75, 3.05) is 13.2 Å². The number of halogens is 1. The predicted molar refractivity (Wildman–Crippen MR) is 62.3 cm³/mol. The van der Waals surface area contributed by atoms with E-state index in [1.54, 1.807) is 0 Å². The number of carbonyl (C=O) groups is 1. The Balaban J connectivity index is 3.15. The van der Waals surface area contributed by atoms with Gasteiger partial charge in [0.15, 0.2) is 5.75 Å². The quantitative estimate of drug-likeness (QED) is 0.464. The number of nitro benzene ring substituents is 1. The highest BCUT2D eigenvalue weighted by Gasteiger charge is 2.21. The number of ether oxygens (including phenoxy) is 1. The van der Waals surface area contributed by atoms with Crippen LogP contribution in [0.15, 0.2) is 12.1 Å². The molecular formula is C10H10ClNO6. The number of nitrogens with zero attached hydrogens (tertiary/aromatic N) is 1. The van der Waals surface area contributed by atoms with Crippen molar-refractivity contribution < 1.29 is 24.7 Å². The number of aromatic carboxylic acids is 1. The Morgan fingerprint density at radius 2 is 2.17 bits per heavy atom.